The van der Waals surface area contributed by atoms with Gasteiger partial charge < -0.3 is 20.5 Å². The molecule has 0 bridgehead atoms. The van der Waals surface area contributed by atoms with Gasteiger partial charge in [-0.1, -0.05) is 0 Å². The molecule has 0 spiro atoms. The summed E-state index contributed by atoms with van der Waals surface area (Å²) >= 11 is 0. The quantitative estimate of drug-likeness (QED) is 0.598. The topological polar surface area (TPSA) is 73.6 Å². The van der Waals surface area contributed by atoms with E-state index in [4.69, 9.17) is 15.2 Å². The van der Waals surface area contributed by atoms with Crippen molar-refractivity contribution in [1.82, 2.24) is 0 Å². The van der Waals surface area contributed by atoms with Gasteiger partial charge in [-0.2, -0.15) is 0 Å². The van der Waals surface area contributed by atoms with Gasteiger partial charge in [-0.05, 0) is 49.9 Å². The molecule has 1 heterocycles. The van der Waals surface area contributed by atoms with Gasteiger partial charge in [0.25, 0.3) is 0 Å². The number of amides is 1. The largest absolute Gasteiger partial charge is 0.399 e. The van der Waals surface area contributed by atoms with E-state index >= 15 is 0 Å². The number of carbonyl (C=O) groups is 1. The maximum absolute atomic E-state index is 11.7. The van der Waals surface area contributed by atoms with Gasteiger partial charge >= 0.3 is 0 Å². The molecule has 1 saturated heterocycles. The predicted octanol–water partition coefficient (Wildman–Crippen LogP) is 2.57. The monoisotopic (exact) mass is 292 g/mol. The first-order chi connectivity index (χ1) is 10.2. The Balaban J connectivity index is 1.53. The van der Waals surface area contributed by atoms with Crippen LogP contribution in [0.4, 0.5) is 11.4 Å². The molecule has 1 aliphatic rings. The number of nitrogens with two attached hydrogens (primary N) is 1. The van der Waals surface area contributed by atoms with Crippen molar-refractivity contribution in [2.45, 2.75) is 38.2 Å². The van der Waals surface area contributed by atoms with Crippen molar-refractivity contribution in [3.63, 3.8) is 0 Å². The summed E-state index contributed by atoms with van der Waals surface area (Å²) in [6, 6.07) is 7.13. The van der Waals surface area contributed by atoms with Crippen molar-refractivity contribution >= 4 is 17.3 Å². The molecule has 0 radical (unpaired) electrons. The molecule has 1 atom stereocenters. The average Bonchev–Trinajstić information content (AvgIpc) is 2.50. The molecule has 1 unspecified atom stereocenters. The van der Waals surface area contributed by atoms with Crippen LogP contribution in [0.15, 0.2) is 24.3 Å². The van der Waals surface area contributed by atoms with Gasteiger partial charge in [-0.15, -0.1) is 0 Å². The van der Waals surface area contributed by atoms with Gasteiger partial charge in [0.1, 0.15) is 0 Å². The van der Waals surface area contributed by atoms with E-state index in [1.165, 1.54) is 6.42 Å². The highest BCUT2D eigenvalue weighted by atomic mass is 16.5. The number of ether oxygens (including phenoxy) is 2. The Bertz CT molecular complexity index is 428. The Morgan fingerprint density at radius 1 is 1.33 bits per heavy atom. The van der Waals surface area contributed by atoms with Gasteiger partial charge in [0, 0.05) is 31.0 Å². The first-order valence-electron chi connectivity index (χ1n) is 7.59. The van der Waals surface area contributed by atoms with Crippen LogP contribution < -0.4 is 11.1 Å². The third-order valence-electron chi connectivity index (χ3n) is 3.46. The molecule has 0 aromatic heterocycles. The van der Waals surface area contributed by atoms with Crippen molar-refractivity contribution in [1.29, 1.82) is 0 Å². The Morgan fingerprint density at radius 3 is 2.86 bits per heavy atom. The third-order valence-corrected chi connectivity index (χ3v) is 3.46. The van der Waals surface area contributed by atoms with Gasteiger partial charge in [0.2, 0.25) is 5.91 Å². The van der Waals surface area contributed by atoms with Crippen LogP contribution in [-0.4, -0.2) is 31.8 Å². The second kappa shape index (κ2) is 8.64. The SMILES string of the molecule is Nc1ccc(NC(=O)CCCOCC2CCCCO2)cc1. The molecule has 1 aromatic rings. The zero-order valence-electron chi connectivity index (χ0n) is 12.3. The second-order valence-corrected chi connectivity index (χ2v) is 5.34. The van der Waals surface area contributed by atoms with Gasteiger partial charge in [0.15, 0.2) is 0 Å². The molecule has 1 amide bonds. The van der Waals surface area contributed by atoms with Crippen molar-refractivity contribution < 1.29 is 14.3 Å². The minimum atomic E-state index is -0.00251. The fraction of sp³-hybridized carbons (Fsp3) is 0.562. The lowest BCUT2D eigenvalue weighted by Crippen LogP contribution is -2.24. The molecule has 1 aromatic carbocycles. The third kappa shape index (κ3) is 6.14. The summed E-state index contributed by atoms with van der Waals surface area (Å²) in [6.07, 6.45) is 4.86. The Labute approximate surface area is 125 Å². The maximum atomic E-state index is 11.7. The van der Waals surface area contributed by atoms with E-state index in [0.29, 0.717) is 31.7 Å². The Hall–Kier alpha value is -1.59. The fourth-order valence-electron chi connectivity index (χ4n) is 2.28. The lowest BCUT2D eigenvalue weighted by Gasteiger charge is -2.22. The smallest absolute Gasteiger partial charge is 0.224 e. The van der Waals surface area contributed by atoms with E-state index < -0.39 is 0 Å². The summed E-state index contributed by atoms with van der Waals surface area (Å²) in [6.45, 7) is 2.08. The van der Waals surface area contributed by atoms with Crippen LogP contribution >= 0.6 is 0 Å². The minimum absolute atomic E-state index is 0.00251. The highest BCUT2D eigenvalue weighted by Crippen LogP contribution is 2.13. The number of nitrogen functional groups attached to an aromatic ring is 1. The highest BCUT2D eigenvalue weighted by Gasteiger charge is 2.13. The molecule has 2 rings (SSSR count). The van der Waals surface area contributed by atoms with Crippen LogP contribution in [0, 0.1) is 0 Å². The van der Waals surface area contributed by atoms with Crippen LogP contribution in [-0.2, 0) is 14.3 Å². The number of rotatable bonds is 7. The summed E-state index contributed by atoms with van der Waals surface area (Å²) in [4.78, 5) is 11.7. The van der Waals surface area contributed by atoms with E-state index in [1.54, 1.807) is 24.3 Å². The highest BCUT2D eigenvalue weighted by molar-refractivity contribution is 5.90. The summed E-state index contributed by atoms with van der Waals surface area (Å²) in [7, 11) is 0. The van der Waals surface area contributed by atoms with Crippen molar-refractivity contribution in [2.75, 3.05) is 30.9 Å². The molecule has 5 nitrogen and oxygen atoms in total. The molecule has 5 heteroatoms. The van der Waals surface area contributed by atoms with Gasteiger partial charge in [-0.25, -0.2) is 0 Å². The zero-order valence-corrected chi connectivity index (χ0v) is 12.3. The number of anilines is 2. The van der Waals surface area contributed by atoms with Crippen LogP contribution in [0.5, 0.6) is 0 Å². The van der Waals surface area contributed by atoms with Gasteiger partial charge in [0.05, 0.1) is 12.7 Å². The molecule has 116 valence electrons. The maximum Gasteiger partial charge on any atom is 0.224 e. The normalized spacial score (nSPS) is 18.4. The fourth-order valence-corrected chi connectivity index (χ4v) is 2.28. The number of hydrogen-bond donors (Lipinski definition) is 2. The summed E-state index contributed by atoms with van der Waals surface area (Å²) in [5.74, 6) is -0.00251. The number of benzene rings is 1. The molecule has 0 aliphatic carbocycles. The molecular weight excluding hydrogens is 268 g/mol. The first kappa shape index (κ1) is 15.8. The molecule has 21 heavy (non-hydrogen) atoms. The summed E-state index contributed by atoms with van der Waals surface area (Å²) in [5.41, 5.74) is 7.05. The van der Waals surface area contributed by atoms with Crippen LogP contribution in [0.25, 0.3) is 0 Å². The lowest BCUT2D eigenvalue weighted by molar-refractivity contribution is -0.116. The van der Waals surface area contributed by atoms with Crippen molar-refractivity contribution in [2.24, 2.45) is 0 Å². The number of carbonyl (C=O) groups excluding carboxylic acids is 1. The molecule has 3 N–H and O–H groups in total. The second-order valence-electron chi connectivity index (χ2n) is 5.34. The molecule has 1 aliphatic heterocycles. The van der Waals surface area contributed by atoms with Crippen LogP contribution in [0.1, 0.15) is 32.1 Å². The van der Waals surface area contributed by atoms with E-state index in [-0.39, 0.29) is 12.0 Å². The standard InChI is InChI=1S/C16H24N2O3/c17-13-6-8-14(9-7-13)18-16(19)5-3-10-20-12-15-4-1-2-11-21-15/h6-9,15H,1-5,10-12,17H2,(H,18,19). The summed E-state index contributed by atoms with van der Waals surface area (Å²) in [5, 5.41) is 2.83. The zero-order chi connectivity index (χ0) is 14.9. The summed E-state index contributed by atoms with van der Waals surface area (Å²) < 4.78 is 11.1. The Kier molecular flexibility index (Phi) is 6.50. The van der Waals surface area contributed by atoms with E-state index in [9.17, 15) is 4.79 Å². The van der Waals surface area contributed by atoms with E-state index in [0.717, 1.165) is 25.1 Å². The first-order valence-corrected chi connectivity index (χ1v) is 7.59. The number of nitrogens with one attached hydrogen (secondary N) is 1. The molecule has 1 fully saturated rings. The molecule has 0 saturated carbocycles. The number of hydrogen-bond acceptors (Lipinski definition) is 4. The van der Waals surface area contributed by atoms with Crippen LogP contribution in [0.2, 0.25) is 0 Å². The molecular formula is C16H24N2O3. The van der Waals surface area contributed by atoms with Crippen molar-refractivity contribution in [3.05, 3.63) is 24.3 Å². The van der Waals surface area contributed by atoms with Crippen molar-refractivity contribution in [3.8, 4) is 0 Å². The Morgan fingerprint density at radius 2 is 2.14 bits per heavy atom. The predicted molar refractivity (Wildman–Crippen MR) is 83.1 cm³/mol. The van der Waals surface area contributed by atoms with E-state index in [2.05, 4.69) is 5.32 Å². The van der Waals surface area contributed by atoms with Gasteiger partial charge in [-0.3, -0.25) is 4.79 Å². The van der Waals surface area contributed by atoms with E-state index in [1.807, 2.05) is 0 Å². The average molecular weight is 292 g/mol. The minimum Gasteiger partial charge on any atom is -0.399 e. The van der Waals surface area contributed by atoms with Crippen LogP contribution in [0.3, 0.4) is 0 Å². The lowest BCUT2D eigenvalue weighted by atomic mass is 10.1.